The largest absolute Gasteiger partial charge is 0.334 e. The number of halogens is 1. The molecule has 0 spiro atoms. The van der Waals surface area contributed by atoms with Crippen molar-refractivity contribution in [3.8, 4) is 0 Å². The van der Waals surface area contributed by atoms with E-state index in [1.54, 1.807) is 0 Å². The van der Waals surface area contributed by atoms with E-state index in [0.29, 0.717) is 6.54 Å². The van der Waals surface area contributed by atoms with Crippen LogP contribution in [0.4, 0.5) is 0 Å². The Labute approximate surface area is 133 Å². The molecule has 3 heteroatoms. The Bertz CT molecular complexity index is 708. The third-order valence-electron chi connectivity index (χ3n) is 4.22. The van der Waals surface area contributed by atoms with E-state index in [-0.39, 0.29) is 5.91 Å². The summed E-state index contributed by atoms with van der Waals surface area (Å²) in [5, 5.41) is 0. The molecule has 0 atom stereocenters. The maximum atomic E-state index is 12.7. The Kier molecular flexibility index (Phi) is 3.85. The molecule has 0 saturated carbocycles. The maximum absolute atomic E-state index is 12.7. The van der Waals surface area contributed by atoms with Gasteiger partial charge in [0.25, 0.3) is 5.91 Å². The minimum absolute atomic E-state index is 0.131. The van der Waals surface area contributed by atoms with Gasteiger partial charge >= 0.3 is 0 Å². The molecule has 1 aliphatic heterocycles. The Morgan fingerprint density at radius 2 is 1.86 bits per heavy atom. The van der Waals surface area contributed by atoms with Crippen LogP contribution in [0, 0.1) is 13.8 Å². The summed E-state index contributed by atoms with van der Waals surface area (Å²) in [5.74, 6) is 0.131. The second-order valence-corrected chi connectivity index (χ2v) is 6.60. The van der Waals surface area contributed by atoms with Crippen LogP contribution in [0.5, 0.6) is 0 Å². The fourth-order valence-corrected chi connectivity index (χ4v) is 3.16. The molecule has 108 valence electrons. The lowest BCUT2D eigenvalue weighted by atomic mass is 9.98. The summed E-state index contributed by atoms with van der Waals surface area (Å²) in [5.41, 5.74) is 5.77. The van der Waals surface area contributed by atoms with Crippen molar-refractivity contribution in [3.05, 3.63) is 68.7 Å². The van der Waals surface area contributed by atoms with Gasteiger partial charge in [0.05, 0.1) is 0 Å². The topological polar surface area (TPSA) is 20.3 Å². The summed E-state index contributed by atoms with van der Waals surface area (Å²) >= 11 is 3.51. The lowest BCUT2D eigenvalue weighted by molar-refractivity contribution is 0.0734. The van der Waals surface area contributed by atoms with Gasteiger partial charge in [-0.1, -0.05) is 28.1 Å². The van der Waals surface area contributed by atoms with Crippen LogP contribution in [-0.4, -0.2) is 17.4 Å². The molecule has 0 N–H and O–H groups in total. The lowest BCUT2D eigenvalue weighted by Gasteiger charge is -2.29. The minimum atomic E-state index is 0.131. The first-order chi connectivity index (χ1) is 10.0. The van der Waals surface area contributed by atoms with E-state index >= 15 is 0 Å². The van der Waals surface area contributed by atoms with Crippen molar-refractivity contribution in [3.63, 3.8) is 0 Å². The average molecular weight is 344 g/mol. The van der Waals surface area contributed by atoms with Gasteiger partial charge in [-0.25, -0.2) is 0 Å². The van der Waals surface area contributed by atoms with E-state index in [0.717, 1.165) is 23.0 Å². The second kappa shape index (κ2) is 5.64. The van der Waals surface area contributed by atoms with Gasteiger partial charge in [0.15, 0.2) is 0 Å². The Hall–Kier alpha value is -1.61. The van der Waals surface area contributed by atoms with Gasteiger partial charge in [0.1, 0.15) is 0 Å². The Balaban J connectivity index is 1.83. The fourth-order valence-electron chi connectivity index (χ4n) is 2.75. The van der Waals surface area contributed by atoms with Crippen molar-refractivity contribution in [2.75, 3.05) is 6.54 Å². The predicted molar refractivity (Wildman–Crippen MR) is 88.5 cm³/mol. The molecule has 1 heterocycles. The number of carbonyl (C=O) groups excluding carboxylic acids is 1. The summed E-state index contributed by atoms with van der Waals surface area (Å²) in [4.78, 5) is 14.6. The Morgan fingerprint density at radius 3 is 2.62 bits per heavy atom. The second-order valence-electron chi connectivity index (χ2n) is 5.69. The van der Waals surface area contributed by atoms with E-state index in [4.69, 9.17) is 0 Å². The number of aryl methyl sites for hydroxylation is 2. The zero-order valence-electron chi connectivity index (χ0n) is 12.3. The first-order valence-corrected chi connectivity index (χ1v) is 7.98. The van der Waals surface area contributed by atoms with Crippen molar-refractivity contribution >= 4 is 21.8 Å². The van der Waals surface area contributed by atoms with Crippen LogP contribution >= 0.6 is 15.9 Å². The quantitative estimate of drug-likeness (QED) is 0.757. The van der Waals surface area contributed by atoms with Crippen LogP contribution in [0.2, 0.25) is 0 Å². The minimum Gasteiger partial charge on any atom is -0.334 e. The molecule has 2 aromatic rings. The van der Waals surface area contributed by atoms with Crippen LogP contribution in [-0.2, 0) is 13.0 Å². The van der Waals surface area contributed by atoms with Crippen molar-refractivity contribution in [1.82, 2.24) is 4.90 Å². The molecule has 0 unspecified atom stereocenters. The number of hydrogen-bond donors (Lipinski definition) is 0. The molecule has 1 aliphatic rings. The predicted octanol–water partition coefficient (Wildman–Crippen LogP) is 4.26. The highest BCUT2D eigenvalue weighted by molar-refractivity contribution is 9.10. The van der Waals surface area contributed by atoms with E-state index < -0.39 is 0 Å². The standard InChI is InChI=1S/C18H18BrNO/c1-12-3-4-15(9-13(12)2)18(21)20-8-7-14-10-17(19)6-5-16(14)11-20/h3-6,9-10H,7-8,11H2,1-2H3. The van der Waals surface area contributed by atoms with Gasteiger partial charge in [-0.3, -0.25) is 4.79 Å². The molecule has 0 saturated heterocycles. The van der Waals surface area contributed by atoms with Gasteiger partial charge in [0.2, 0.25) is 0 Å². The van der Waals surface area contributed by atoms with E-state index in [2.05, 4.69) is 41.9 Å². The van der Waals surface area contributed by atoms with Crippen LogP contribution in [0.15, 0.2) is 40.9 Å². The SMILES string of the molecule is Cc1ccc(C(=O)N2CCc3cc(Br)ccc3C2)cc1C. The van der Waals surface area contributed by atoms with E-state index in [1.807, 2.05) is 29.2 Å². The molecule has 1 amide bonds. The normalized spacial score (nSPS) is 14.0. The van der Waals surface area contributed by atoms with Crippen LogP contribution in [0.3, 0.4) is 0 Å². The number of amides is 1. The van der Waals surface area contributed by atoms with E-state index in [9.17, 15) is 4.79 Å². The Morgan fingerprint density at radius 1 is 1.05 bits per heavy atom. The number of rotatable bonds is 1. The molecular formula is C18H18BrNO. The van der Waals surface area contributed by atoms with Crippen LogP contribution in [0.25, 0.3) is 0 Å². The number of carbonyl (C=O) groups is 1. The maximum Gasteiger partial charge on any atom is 0.254 e. The summed E-state index contributed by atoms with van der Waals surface area (Å²) in [7, 11) is 0. The first-order valence-electron chi connectivity index (χ1n) is 7.18. The molecule has 0 aliphatic carbocycles. The van der Waals surface area contributed by atoms with Crippen LogP contribution < -0.4 is 0 Å². The summed E-state index contributed by atoms with van der Waals surface area (Å²) in [6.45, 7) is 5.61. The molecule has 0 fully saturated rings. The van der Waals surface area contributed by atoms with E-state index in [1.165, 1.54) is 22.3 Å². The molecule has 2 aromatic carbocycles. The highest BCUT2D eigenvalue weighted by Crippen LogP contribution is 2.24. The molecule has 0 bridgehead atoms. The highest BCUT2D eigenvalue weighted by Gasteiger charge is 2.22. The van der Waals surface area contributed by atoms with Crippen LogP contribution in [0.1, 0.15) is 32.6 Å². The van der Waals surface area contributed by atoms with Crippen molar-refractivity contribution in [2.45, 2.75) is 26.8 Å². The first kappa shape index (κ1) is 14.3. The molecule has 0 aromatic heterocycles. The smallest absolute Gasteiger partial charge is 0.254 e. The van der Waals surface area contributed by atoms with Gasteiger partial charge in [-0.15, -0.1) is 0 Å². The van der Waals surface area contributed by atoms with Crippen molar-refractivity contribution in [1.29, 1.82) is 0 Å². The zero-order valence-corrected chi connectivity index (χ0v) is 13.9. The van der Waals surface area contributed by atoms with Gasteiger partial charge in [-0.2, -0.15) is 0 Å². The molecule has 2 nitrogen and oxygen atoms in total. The third-order valence-corrected chi connectivity index (χ3v) is 4.71. The number of benzene rings is 2. The zero-order chi connectivity index (χ0) is 15.0. The van der Waals surface area contributed by atoms with Gasteiger partial charge in [-0.05, 0) is 66.8 Å². The fraction of sp³-hybridized carbons (Fsp3) is 0.278. The third kappa shape index (κ3) is 2.88. The molecule has 0 radical (unpaired) electrons. The summed E-state index contributed by atoms with van der Waals surface area (Å²) in [6.07, 6.45) is 0.922. The van der Waals surface area contributed by atoms with Crippen molar-refractivity contribution in [2.24, 2.45) is 0 Å². The molecule has 21 heavy (non-hydrogen) atoms. The van der Waals surface area contributed by atoms with Gasteiger partial charge in [0, 0.05) is 23.1 Å². The molecular weight excluding hydrogens is 326 g/mol. The average Bonchev–Trinajstić information content (AvgIpc) is 2.49. The number of hydrogen-bond acceptors (Lipinski definition) is 1. The number of fused-ring (bicyclic) bond motifs is 1. The number of nitrogens with zero attached hydrogens (tertiary/aromatic N) is 1. The van der Waals surface area contributed by atoms with Crippen molar-refractivity contribution < 1.29 is 4.79 Å². The molecule has 3 rings (SSSR count). The summed E-state index contributed by atoms with van der Waals surface area (Å²) < 4.78 is 1.11. The highest BCUT2D eigenvalue weighted by atomic mass is 79.9. The summed E-state index contributed by atoms with van der Waals surface area (Å²) in [6, 6.07) is 12.3. The monoisotopic (exact) mass is 343 g/mol. The lowest BCUT2D eigenvalue weighted by Crippen LogP contribution is -2.36. The van der Waals surface area contributed by atoms with Gasteiger partial charge < -0.3 is 4.90 Å².